The Balaban J connectivity index is 1.56. The van der Waals surface area contributed by atoms with Gasteiger partial charge in [0, 0.05) is 48.6 Å². The van der Waals surface area contributed by atoms with Gasteiger partial charge >= 0.3 is 0 Å². The Morgan fingerprint density at radius 3 is 1.91 bits per heavy atom. The second kappa shape index (κ2) is 10.7. The van der Waals surface area contributed by atoms with Gasteiger partial charge in [0.05, 0.1) is 12.8 Å². The van der Waals surface area contributed by atoms with Crippen molar-refractivity contribution in [1.29, 1.82) is 0 Å². The number of benzene rings is 3. The van der Waals surface area contributed by atoms with Gasteiger partial charge in [0.25, 0.3) is 0 Å². The third-order valence-electron chi connectivity index (χ3n) is 8.60. The van der Waals surface area contributed by atoms with Crippen LogP contribution in [0.15, 0.2) is 83.5 Å². The first-order valence-corrected chi connectivity index (χ1v) is 15.5. The third-order valence-corrected chi connectivity index (χ3v) is 8.60. The summed E-state index contributed by atoms with van der Waals surface area (Å²) in [5, 5.41) is 1.63. The van der Waals surface area contributed by atoms with Crippen molar-refractivity contribution in [3.8, 4) is 33.6 Å². The maximum atomic E-state index is 9.04. The minimum atomic E-state index is -2.62. The number of pyridine rings is 2. The van der Waals surface area contributed by atoms with Crippen LogP contribution in [0.3, 0.4) is 0 Å². The molecule has 3 nitrogen and oxygen atoms in total. The van der Waals surface area contributed by atoms with Crippen molar-refractivity contribution >= 4 is 21.9 Å². The Kier molecular flexibility index (Phi) is 5.50. The normalized spacial score (nSPS) is 15.6. The van der Waals surface area contributed by atoms with Crippen LogP contribution >= 0.6 is 0 Å². The van der Waals surface area contributed by atoms with Crippen molar-refractivity contribution in [2.24, 2.45) is 0 Å². The van der Waals surface area contributed by atoms with E-state index in [1.54, 1.807) is 18.2 Å². The quantitative estimate of drug-likeness (QED) is 0.202. The fourth-order valence-corrected chi connectivity index (χ4v) is 5.66. The summed E-state index contributed by atoms with van der Waals surface area (Å²) in [7, 11) is 0. The second-order valence-electron chi connectivity index (χ2n) is 15.2. The molecule has 0 bridgehead atoms. The minimum Gasteiger partial charge on any atom is -0.455 e. The Morgan fingerprint density at radius 1 is 0.600 bits per heavy atom. The van der Waals surface area contributed by atoms with Crippen LogP contribution in [0.1, 0.15) is 99.7 Å². The SMILES string of the molecule is [2H]c1cc(C(C)(C)C)cc(C([2H])([2H])[2H])c1-c1cc(-c2cccc3c2oc2cc(-c4cc(C(C)(C)C)cc(C(C)(C)C)c4)ncc23)ncc1C([2H])([2H])[2H]. The molecule has 6 aromatic rings. The zero-order valence-electron chi connectivity index (χ0n) is 34.7. The molecule has 0 aliphatic carbocycles. The average molecular weight is 602 g/mol. The zero-order valence-corrected chi connectivity index (χ0v) is 27.7. The monoisotopic (exact) mass is 601 g/mol. The fraction of sp³-hybridized carbons (Fsp3) is 0.333. The molecule has 0 unspecified atom stereocenters. The average Bonchev–Trinajstić information content (AvgIpc) is 3.40. The van der Waals surface area contributed by atoms with Gasteiger partial charge in [-0.2, -0.15) is 0 Å². The Bertz CT molecular complexity index is 2310. The van der Waals surface area contributed by atoms with E-state index in [4.69, 9.17) is 19.0 Å². The Labute approximate surface area is 278 Å². The zero-order chi connectivity index (χ0) is 38.3. The molecule has 0 aliphatic rings. The maximum absolute atomic E-state index is 9.04. The fourth-order valence-electron chi connectivity index (χ4n) is 5.66. The van der Waals surface area contributed by atoms with E-state index in [0.717, 1.165) is 22.0 Å². The van der Waals surface area contributed by atoms with Crippen molar-refractivity contribution in [1.82, 2.24) is 9.97 Å². The molecule has 0 fully saturated rings. The smallest absolute Gasteiger partial charge is 0.144 e. The van der Waals surface area contributed by atoms with Crippen LogP contribution in [0.4, 0.5) is 0 Å². The van der Waals surface area contributed by atoms with Crippen LogP contribution in [0.2, 0.25) is 0 Å². The van der Waals surface area contributed by atoms with E-state index >= 15 is 0 Å². The molecule has 3 heterocycles. The summed E-state index contributed by atoms with van der Waals surface area (Å²) >= 11 is 0. The number of furan rings is 1. The molecule has 0 atom stereocenters. The van der Waals surface area contributed by atoms with E-state index in [0.29, 0.717) is 28.0 Å². The summed E-state index contributed by atoms with van der Waals surface area (Å²) in [6.45, 7) is 13.8. The first-order valence-electron chi connectivity index (χ1n) is 19.0. The molecule has 0 saturated carbocycles. The van der Waals surface area contributed by atoms with Gasteiger partial charge in [-0.3, -0.25) is 9.97 Å². The molecular weight excluding hydrogens is 548 g/mol. The van der Waals surface area contributed by atoms with Crippen LogP contribution in [0, 0.1) is 13.7 Å². The number of hydrogen-bond donors (Lipinski definition) is 0. The highest BCUT2D eigenvalue weighted by Gasteiger charge is 2.22. The predicted molar refractivity (Wildman–Crippen MR) is 191 cm³/mol. The second-order valence-corrected chi connectivity index (χ2v) is 15.2. The van der Waals surface area contributed by atoms with Crippen LogP contribution < -0.4 is 0 Å². The van der Waals surface area contributed by atoms with E-state index in [1.807, 2.05) is 51.2 Å². The maximum Gasteiger partial charge on any atom is 0.144 e. The van der Waals surface area contributed by atoms with E-state index in [2.05, 4.69) is 64.7 Å². The number of aromatic nitrogens is 2. The highest BCUT2D eigenvalue weighted by molar-refractivity contribution is 6.09. The molecule has 6 rings (SSSR count). The molecule has 0 radical (unpaired) electrons. The summed E-state index contributed by atoms with van der Waals surface area (Å²) in [5.41, 5.74) is 6.51. The summed E-state index contributed by atoms with van der Waals surface area (Å²) < 4.78 is 65.8. The van der Waals surface area contributed by atoms with Gasteiger partial charge in [-0.1, -0.05) is 98.7 Å². The molecule has 3 aromatic carbocycles. The van der Waals surface area contributed by atoms with Crippen LogP contribution in [0.25, 0.3) is 55.6 Å². The lowest BCUT2D eigenvalue weighted by atomic mass is 9.79. The molecule has 0 N–H and O–H groups in total. The van der Waals surface area contributed by atoms with Crippen molar-refractivity contribution in [2.45, 2.75) is 92.3 Å². The van der Waals surface area contributed by atoms with Gasteiger partial charge in [-0.15, -0.1) is 0 Å². The van der Waals surface area contributed by atoms with Crippen LogP contribution in [-0.4, -0.2) is 9.97 Å². The number of para-hydroxylation sites is 1. The lowest BCUT2D eigenvalue weighted by molar-refractivity contribution is 0.569. The molecule has 0 spiro atoms. The van der Waals surface area contributed by atoms with E-state index < -0.39 is 19.1 Å². The Morgan fingerprint density at radius 2 is 1.27 bits per heavy atom. The summed E-state index contributed by atoms with van der Waals surface area (Å²) in [6, 6.07) is 19.0. The number of fused-ring (bicyclic) bond motifs is 3. The van der Waals surface area contributed by atoms with E-state index in [-0.39, 0.29) is 39.1 Å². The Hall–Kier alpha value is -4.24. The lowest BCUT2D eigenvalue weighted by Gasteiger charge is -2.26. The van der Waals surface area contributed by atoms with Gasteiger partial charge in [-0.25, -0.2) is 0 Å². The van der Waals surface area contributed by atoms with Gasteiger partial charge in [0.1, 0.15) is 11.2 Å². The molecule has 3 aromatic heterocycles. The third kappa shape index (κ3) is 5.81. The summed E-state index contributed by atoms with van der Waals surface area (Å²) in [5.74, 6) is 0. The summed E-state index contributed by atoms with van der Waals surface area (Å²) in [4.78, 5) is 9.49. The minimum absolute atomic E-state index is 0.0560. The molecule has 0 amide bonds. The van der Waals surface area contributed by atoms with Gasteiger partial charge in [0.15, 0.2) is 0 Å². The first kappa shape index (κ1) is 23.1. The number of aryl methyl sites for hydroxylation is 2. The topological polar surface area (TPSA) is 38.9 Å². The molecule has 45 heavy (non-hydrogen) atoms. The van der Waals surface area contributed by atoms with Crippen molar-refractivity contribution in [3.63, 3.8) is 0 Å². The number of rotatable bonds is 3. The molecule has 3 heteroatoms. The largest absolute Gasteiger partial charge is 0.455 e. The first-order chi connectivity index (χ1) is 23.8. The molecular formula is C42H46N2O. The molecule has 0 aliphatic heterocycles. The highest BCUT2D eigenvalue weighted by atomic mass is 16.3. The van der Waals surface area contributed by atoms with Gasteiger partial charge < -0.3 is 4.42 Å². The van der Waals surface area contributed by atoms with Crippen molar-refractivity contribution < 1.29 is 14.0 Å². The van der Waals surface area contributed by atoms with Gasteiger partial charge in [0.2, 0.25) is 0 Å². The lowest BCUT2D eigenvalue weighted by Crippen LogP contribution is -2.16. The van der Waals surface area contributed by atoms with Crippen LogP contribution in [-0.2, 0) is 16.2 Å². The predicted octanol–water partition coefficient (Wildman–Crippen LogP) is 11.9. The van der Waals surface area contributed by atoms with Crippen molar-refractivity contribution in [2.75, 3.05) is 0 Å². The standard InChI is InChI=1S/C42H46N2O/c1-25-17-28(40(3,4)5)15-16-31(25)34-21-37(43-23-26(34)2)33-14-12-13-32-35-24-44-36(22-38(35)45-39(32)33)27-18-29(41(6,7)8)20-30(19-27)42(9,10)11/h12-24H,1-11H3/i1D3,2D3,16D. The van der Waals surface area contributed by atoms with E-state index in [1.165, 1.54) is 17.3 Å². The van der Waals surface area contributed by atoms with Crippen LogP contribution in [0.5, 0.6) is 0 Å². The highest BCUT2D eigenvalue weighted by Crippen LogP contribution is 2.39. The number of nitrogens with zero attached hydrogens (tertiary/aromatic N) is 2. The summed E-state index contributed by atoms with van der Waals surface area (Å²) in [6.07, 6.45) is 3.09. The van der Waals surface area contributed by atoms with E-state index in [9.17, 15) is 0 Å². The van der Waals surface area contributed by atoms with Crippen molar-refractivity contribution in [3.05, 3.63) is 107 Å². The van der Waals surface area contributed by atoms with Gasteiger partial charge in [-0.05, 0) is 93.2 Å². The molecule has 0 saturated heterocycles. The molecule has 230 valence electrons. The number of hydrogen-bond acceptors (Lipinski definition) is 3.